The molecule has 0 spiro atoms. The summed E-state index contributed by atoms with van der Waals surface area (Å²) >= 11 is 0. The second-order valence-electron chi connectivity index (χ2n) is 6.43. The minimum Gasteiger partial charge on any atom is -0.481 e. The molecular formula is C15H23N3O3. The van der Waals surface area contributed by atoms with Crippen LogP contribution in [0.15, 0.2) is 6.07 Å². The summed E-state index contributed by atoms with van der Waals surface area (Å²) in [6, 6.07) is 1.81. The fourth-order valence-electron chi connectivity index (χ4n) is 2.72. The van der Waals surface area contributed by atoms with Crippen LogP contribution in [0.25, 0.3) is 0 Å². The minimum atomic E-state index is -0.854. The molecule has 116 valence electrons. The zero-order valence-corrected chi connectivity index (χ0v) is 13.1. The summed E-state index contributed by atoms with van der Waals surface area (Å²) in [4.78, 5) is 25.7. The summed E-state index contributed by atoms with van der Waals surface area (Å²) in [5.41, 5.74) is 0.542. The molecule has 21 heavy (non-hydrogen) atoms. The van der Waals surface area contributed by atoms with E-state index in [0.29, 0.717) is 25.1 Å². The molecule has 1 unspecified atom stereocenters. The molecule has 1 aromatic heterocycles. The Balaban J connectivity index is 2.22. The van der Waals surface area contributed by atoms with Crippen molar-refractivity contribution in [2.45, 2.75) is 39.5 Å². The van der Waals surface area contributed by atoms with Gasteiger partial charge in [0.15, 0.2) is 0 Å². The van der Waals surface area contributed by atoms with Crippen molar-refractivity contribution in [1.29, 1.82) is 0 Å². The summed E-state index contributed by atoms with van der Waals surface area (Å²) in [7, 11) is 1.75. The molecule has 0 radical (unpaired) electrons. The van der Waals surface area contributed by atoms with Crippen LogP contribution in [0.5, 0.6) is 0 Å². The Kier molecular flexibility index (Phi) is 4.07. The van der Waals surface area contributed by atoms with E-state index in [0.717, 1.165) is 5.69 Å². The lowest BCUT2D eigenvalue weighted by atomic mass is 9.82. The van der Waals surface area contributed by atoms with Crippen molar-refractivity contribution in [2.75, 3.05) is 13.1 Å². The molecule has 1 saturated heterocycles. The first-order valence-electron chi connectivity index (χ1n) is 7.31. The summed E-state index contributed by atoms with van der Waals surface area (Å²) < 4.78 is 1.59. The van der Waals surface area contributed by atoms with Crippen molar-refractivity contribution in [3.05, 3.63) is 17.5 Å². The maximum atomic E-state index is 12.6. The Morgan fingerprint density at radius 1 is 1.43 bits per heavy atom. The molecule has 1 aliphatic rings. The van der Waals surface area contributed by atoms with Gasteiger partial charge in [-0.2, -0.15) is 5.10 Å². The summed E-state index contributed by atoms with van der Waals surface area (Å²) in [5, 5.41) is 13.7. The normalized spacial score (nSPS) is 22.6. The van der Waals surface area contributed by atoms with Crippen molar-refractivity contribution in [1.82, 2.24) is 14.7 Å². The fraction of sp³-hybridized carbons (Fsp3) is 0.667. The number of aliphatic carboxylic acids is 1. The number of aryl methyl sites for hydroxylation is 1. The third-order valence-corrected chi connectivity index (χ3v) is 4.21. The van der Waals surface area contributed by atoms with Gasteiger partial charge in [0, 0.05) is 20.1 Å². The van der Waals surface area contributed by atoms with Crippen LogP contribution in [-0.2, 0) is 11.8 Å². The standard InChI is InChI=1S/C15H23N3O3/c1-10(2)11-8-12(17(4)16-11)13(19)18-7-5-6-15(3,9-18)14(20)21/h8,10H,5-7,9H2,1-4H3,(H,20,21). The predicted octanol–water partition coefficient (Wildman–Crippen LogP) is 1.87. The number of carbonyl (C=O) groups is 2. The van der Waals surface area contributed by atoms with Crippen LogP contribution in [0.2, 0.25) is 0 Å². The summed E-state index contributed by atoms with van der Waals surface area (Å²) in [6.45, 7) is 6.61. The van der Waals surface area contributed by atoms with Gasteiger partial charge in [0.2, 0.25) is 0 Å². The molecule has 6 heteroatoms. The lowest BCUT2D eigenvalue weighted by molar-refractivity contribution is -0.150. The van der Waals surface area contributed by atoms with Crippen molar-refractivity contribution < 1.29 is 14.7 Å². The highest BCUT2D eigenvalue weighted by Gasteiger charge is 2.40. The Morgan fingerprint density at radius 2 is 2.10 bits per heavy atom. The maximum Gasteiger partial charge on any atom is 0.311 e. The van der Waals surface area contributed by atoms with Gasteiger partial charge in [0.1, 0.15) is 5.69 Å². The number of carbonyl (C=O) groups excluding carboxylic acids is 1. The topological polar surface area (TPSA) is 75.4 Å². The Bertz CT molecular complexity index is 565. The number of aromatic nitrogens is 2. The van der Waals surface area contributed by atoms with Gasteiger partial charge in [0.05, 0.1) is 11.1 Å². The summed E-state index contributed by atoms with van der Waals surface area (Å²) in [6.07, 6.45) is 1.32. The first-order valence-corrected chi connectivity index (χ1v) is 7.31. The highest BCUT2D eigenvalue weighted by Crippen LogP contribution is 2.30. The second kappa shape index (κ2) is 5.50. The average Bonchev–Trinajstić information content (AvgIpc) is 2.80. The van der Waals surface area contributed by atoms with E-state index < -0.39 is 11.4 Å². The van der Waals surface area contributed by atoms with Crippen molar-refractivity contribution in [3.8, 4) is 0 Å². The number of hydrogen-bond acceptors (Lipinski definition) is 3. The predicted molar refractivity (Wildman–Crippen MR) is 78.2 cm³/mol. The largest absolute Gasteiger partial charge is 0.481 e. The molecule has 0 saturated carbocycles. The van der Waals surface area contributed by atoms with Gasteiger partial charge >= 0.3 is 5.97 Å². The van der Waals surface area contributed by atoms with E-state index in [9.17, 15) is 14.7 Å². The van der Waals surface area contributed by atoms with Crippen LogP contribution in [0.1, 0.15) is 55.7 Å². The van der Waals surface area contributed by atoms with Crippen LogP contribution >= 0.6 is 0 Å². The van der Waals surface area contributed by atoms with E-state index in [1.807, 2.05) is 13.8 Å². The van der Waals surface area contributed by atoms with E-state index in [1.54, 1.807) is 29.6 Å². The highest BCUT2D eigenvalue weighted by molar-refractivity contribution is 5.93. The third-order valence-electron chi connectivity index (χ3n) is 4.21. The van der Waals surface area contributed by atoms with E-state index in [2.05, 4.69) is 5.10 Å². The minimum absolute atomic E-state index is 0.135. The average molecular weight is 293 g/mol. The number of piperidine rings is 1. The van der Waals surface area contributed by atoms with Gasteiger partial charge in [-0.15, -0.1) is 0 Å². The lowest BCUT2D eigenvalue weighted by Crippen LogP contribution is -2.48. The maximum absolute atomic E-state index is 12.6. The van der Waals surface area contributed by atoms with Gasteiger partial charge in [-0.05, 0) is 31.7 Å². The second-order valence-corrected chi connectivity index (χ2v) is 6.43. The molecule has 1 N–H and O–H groups in total. The first kappa shape index (κ1) is 15.5. The van der Waals surface area contributed by atoms with Gasteiger partial charge in [-0.1, -0.05) is 13.8 Å². The molecule has 0 aromatic carbocycles. The molecule has 2 heterocycles. The van der Waals surface area contributed by atoms with Gasteiger partial charge in [-0.25, -0.2) is 0 Å². The molecular weight excluding hydrogens is 270 g/mol. The molecule has 6 nitrogen and oxygen atoms in total. The molecule has 1 aromatic rings. The summed E-state index contributed by atoms with van der Waals surface area (Å²) in [5.74, 6) is -0.722. The van der Waals surface area contributed by atoms with Crippen molar-refractivity contribution in [2.24, 2.45) is 12.5 Å². The van der Waals surface area contributed by atoms with Gasteiger partial charge in [-0.3, -0.25) is 14.3 Å². The zero-order valence-electron chi connectivity index (χ0n) is 13.1. The van der Waals surface area contributed by atoms with Crippen molar-refractivity contribution in [3.63, 3.8) is 0 Å². The van der Waals surface area contributed by atoms with E-state index >= 15 is 0 Å². The number of hydrogen-bond donors (Lipinski definition) is 1. The molecule has 1 amide bonds. The van der Waals surface area contributed by atoms with E-state index in [1.165, 1.54) is 0 Å². The highest BCUT2D eigenvalue weighted by atomic mass is 16.4. The van der Waals surface area contributed by atoms with Gasteiger partial charge in [0.25, 0.3) is 5.91 Å². The number of rotatable bonds is 3. The number of likely N-dealkylation sites (tertiary alicyclic amines) is 1. The molecule has 1 aliphatic heterocycles. The molecule has 1 fully saturated rings. The molecule has 2 rings (SSSR count). The Labute approximate surface area is 124 Å². The van der Waals surface area contributed by atoms with E-state index in [-0.39, 0.29) is 18.4 Å². The molecule has 1 atom stereocenters. The Hall–Kier alpha value is -1.85. The molecule has 0 bridgehead atoms. The van der Waals surface area contributed by atoms with Crippen LogP contribution in [-0.4, -0.2) is 44.8 Å². The third kappa shape index (κ3) is 2.94. The molecule has 0 aliphatic carbocycles. The van der Waals surface area contributed by atoms with Gasteiger partial charge < -0.3 is 10.0 Å². The fourth-order valence-corrected chi connectivity index (χ4v) is 2.72. The quantitative estimate of drug-likeness (QED) is 0.923. The van der Waals surface area contributed by atoms with Crippen LogP contribution < -0.4 is 0 Å². The number of nitrogens with zero attached hydrogens (tertiary/aromatic N) is 3. The number of carboxylic acids is 1. The number of amides is 1. The lowest BCUT2D eigenvalue weighted by Gasteiger charge is -2.37. The van der Waals surface area contributed by atoms with Crippen LogP contribution in [0.3, 0.4) is 0 Å². The zero-order chi connectivity index (χ0) is 15.8. The SMILES string of the molecule is CC(C)c1cc(C(=O)N2CCCC(C)(C(=O)O)C2)n(C)n1. The van der Waals surface area contributed by atoms with E-state index in [4.69, 9.17) is 0 Å². The Morgan fingerprint density at radius 3 is 2.62 bits per heavy atom. The first-order chi connectivity index (χ1) is 9.74. The van der Waals surface area contributed by atoms with Crippen LogP contribution in [0.4, 0.5) is 0 Å². The van der Waals surface area contributed by atoms with Crippen molar-refractivity contribution >= 4 is 11.9 Å². The van der Waals surface area contributed by atoms with Crippen LogP contribution in [0, 0.1) is 5.41 Å². The number of carboxylic acid groups (broad SMARTS) is 1. The monoisotopic (exact) mass is 293 g/mol. The smallest absolute Gasteiger partial charge is 0.311 e.